The third-order valence-electron chi connectivity index (χ3n) is 4.21. The molecule has 160 valence electrons. The topological polar surface area (TPSA) is 104 Å². The van der Waals surface area contributed by atoms with E-state index in [0.29, 0.717) is 35.8 Å². The lowest BCUT2D eigenvalue weighted by molar-refractivity contribution is 0.0549. The van der Waals surface area contributed by atoms with E-state index >= 15 is 0 Å². The number of hydrogen-bond acceptors (Lipinski definition) is 6. The van der Waals surface area contributed by atoms with Crippen molar-refractivity contribution in [3.63, 3.8) is 0 Å². The fraction of sp³-hybridized carbons (Fsp3) is 0.304. The Balaban J connectivity index is 1.69. The number of nitrogens with one attached hydrogen (secondary N) is 1. The van der Waals surface area contributed by atoms with E-state index in [9.17, 15) is 4.79 Å². The first-order valence-electron chi connectivity index (χ1n) is 9.71. The van der Waals surface area contributed by atoms with Crippen LogP contribution in [0.1, 0.15) is 35.2 Å². The van der Waals surface area contributed by atoms with Gasteiger partial charge in [0.2, 0.25) is 0 Å². The highest BCUT2D eigenvalue weighted by atomic mass is 16.5. The van der Waals surface area contributed by atoms with E-state index in [1.807, 2.05) is 12.1 Å². The number of ether oxygens (including phenoxy) is 4. The molecule has 0 aliphatic heterocycles. The maximum atomic E-state index is 11.9. The summed E-state index contributed by atoms with van der Waals surface area (Å²) in [5, 5.41) is 7.37. The van der Waals surface area contributed by atoms with Crippen molar-refractivity contribution in [3.8, 4) is 17.2 Å². The Kier molecular flexibility index (Phi) is 9.24. The molecule has 2 rings (SSSR count). The maximum Gasteiger partial charge on any atom is 0.338 e. The summed E-state index contributed by atoms with van der Waals surface area (Å²) < 4.78 is 21.8. The lowest BCUT2D eigenvalue weighted by Crippen LogP contribution is -2.10. The highest BCUT2D eigenvalue weighted by molar-refractivity contribution is 5.95. The van der Waals surface area contributed by atoms with Crippen LogP contribution in [-0.4, -0.2) is 38.7 Å². The second-order valence-electron chi connectivity index (χ2n) is 6.45. The second-order valence-corrected chi connectivity index (χ2v) is 6.45. The van der Waals surface area contributed by atoms with Crippen LogP contribution in [0.2, 0.25) is 0 Å². The average molecular weight is 412 g/mol. The van der Waals surface area contributed by atoms with Gasteiger partial charge in [0.15, 0.2) is 11.5 Å². The molecule has 0 fully saturated rings. The van der Waals surface area contributed by atoms with Crippen LogP contribution in [0, 0.1) is 5.41 Å². The zero-order chi connectivity index (χ0) is 21.8. The number of esters is 1. The number of nitrogens with two attached hydrogens (primary N) is 1. The monoisotopic (exact) mass is 412 g/mol. The number of amidine groups is 1. The van der Waals surface area contributed by atoms with Gasteiger partial charge in [-0.05, 0) is 61.7 Å². The van der Waals surface area contributed by atoms with E-state index in [1.54, 1.807) is 30.3 Å². The summed E-state index contributed by atoms with van der Waals surface area (Å²) in [7, 11) is 1.53. The molecule has 7 heteroatoms. The summed E-state index contributed by atoms with van der Waals surface area (Å²) in [4.78, 5) is 11.9. The van der Waals surface area contributed by atoms with Gasteiger partial charge in [-0.15, -0.1) is 0 Å². The number of unbranched alkanes of at least 4 members (excludes halogenated alkanes) is 2. The Hall–Kier alpha value is -3.48. The van der Waals surface area contributed by atoms with Crippen molar-refractivity contribution in [2.24, 2.45) is 5.73 Å². The highest BCUT2D eigenvalue weighted by Gasteiger charge is 2.12. The summed E-state index contributed by atoms with van der Waals surface area (Å²) in [6.07, 6.45) is 4.21. The van der Waals surface area contributed by atoms with Gasteiger partial charge in [0.25, 0.3) is 0 Å². The van der Waals surface area contributed by atoms with E-state index in [0.717, 1.165) is 25.0 Å². The molecule has 2 aromatic rings. The SMILES string of the molecule is C=CCOC(=O)c1ccc(OCCCCCOc2ccc(C(=N)N)cc2)c(OC)c1. The van der Waals surface area contributed by atoms with E-state index < -0.39 is 5.97 Å². The van der Waals surface area contributed by atoms with Crippen LogP contribution in [0.5, 0.6) is 17.2 Å². The van der Waals surface area contributed by atoms with Gasteiger partial charge >= 0.3 is 5.97 Å². The first-order chi connectivity index (χ1) is 14.5. The molecule has 0 amide bonds. The van der Waals surface area contributed by atoms with Gasteiger partial charge in [0.1, 0.15) is 18.2 Å². The highest BCUT2D eigenvalue weighted by Crippen LogP contribution is 2.28. The zero-order valence-electron chi connectivity index (χ0n) is 17.2. The minimum Gasteiger partial charge on any atom is -0.494 e. The third kappa shape index (κ3) is 7.16. The van der Waals surface area contributed by atoms with Crippen LogP contribution >= 0.6 is 0 Å². The van der Waals surface area contributed by atoms with Crippen molar-refractivity contribution in [1.29, 1.82) is 5.41 Å². The van der Waals surface area contributed by atoms with E-state index in [-0.39, 0.29) is 12.4 Å². The van der Waals surface area contributed by atoms with Crippen molar-refractivity contribution >= 4 is 11.8 Å². The molecule has 0 atom stereocenters. The molecule has 3 N–H and O–H groups in total. The molecule has 30 heavy (non-hydrogen) atoms. The Morgan fingerprint density at radius 3 is 2.30 bits per heavy atom. The summed E-state index contributed by atoms with van der Waals surface area (Å²) in [5.41, 5.74) is 6.50. The summed E-state index contributed by atoms with van der Waals surface area (Å²) >= 11 is 0. The molecule has 7 nitrogen and oxygen atoms in total. The Labute approximate surface area is 176 Å². The van der Waals surface area contributed by atoms with Crippen LogP contribution in [0.15, 0.2) is 55.1 Å². The van der Waals surface area contributed by atoms with Gasteiger partial charge in [-0.25, -0.2) is 4.79 Å². The van der Waals surface area contributed by atoms with Crippen LogP contribution < -0.4 is 19.9 Å². The number of nitrogen functional groups attached to an aromatic ring is 1. The van der Waals surface area contributed by atoms with Gasteiger partial charge in [0.05, 0.1) is 25.9 Å². The molecule has 0 heterocycles. The van der Waals surface area contributed by atoms with Crippen molar-refractivity contribution in [1.82, 2.24) is 0 Å². The number of hydrogen-bond donors (Lipinski definition) is 2. The molecule has 0 unspecified atom stereocenters. The minimum atomic E-state index is -0.435. The fourth-order valence-corrected chi connectivity index (χ4v) is 2.62. The van der Waals surface area contributed by atoms with E-state index in [1.165, 1.54) is 13.2 Å². The molecular formula is C23H28N2O5. The van der Waals surface area contributed by atoms with Gasteiger partial charge in [-0.2, -0.15) is 0 Å². The summed E-state index contributed by atoms with van der Waals surface area (Å²) in [5.74, 6) is 1.43. The van der Waals surface area contributed by atoms with Crippen LogP contribution in [0.25, 0.3) is 0 Å². The largest absolute Gasteiger partial charge is 0.494 e. The van der Waals surface area contributed by atoms with Crippen molar-refractivity contribution in [2.75, 3.05) is 26.9 Å². The number of carbonyl (C=O) groups is 1. The maximum absolute atomic E-state index is 11.9. The van der Waals surface area contributed by atoms with E-state index in [2.05, 4.69) is 6.58 Å². The van der Waals surface area contributed by atoms with Gasteiger partial charge in [-0.3, -0.25) is 5.41 Å². The molecule has 0 saturated carbocycles. The molecule has 0 radical (unpaired) electrons. The summed E-state index contributed by atoms with van der Waals surface area (Å²) in [6.45, 7) is 4.81. The molecule has 0 spiro atoms. The minimum absolute atomic E-state index is 0.0421. The molecular weight excluding hydrogens is 384 g/mol. The van der Waals surface area contributed by atoms with Crippen LogP contribution in [-0.2, 0) is 4.74 Å². The molecule has 0 aliphatic carbocycles. The fourth-order valence-electron chi connectivity index (χ4n) is 2.62. The Morgan fingerprint density at radius 1 is 1.00 bits per heavy atom. The summed E-state index contributed by atoms with van der Waals surface area (Å²) in [6, 6.07) is 12.1. The predicted molar refractivity (Wildman–Crippen MR) is 116 cm³/mol. The molecule has 0 aliphatic rings. The van der Waals surface area contributed by atoms with Gasteiger partial charge < -0.3 is 24.7 Å². The van der Waals surface area contributed by atoms with Crippen molar-refractivity contribution in [3.05, 3.63) is 66.2 Å². The standard InChI is InChI=1S/C23H28N2O5/c1-3-13-30-23(26)18-9-12-20(21(16-18)27-2)29-15-6-4-5-14-28-19-10-7-17(8-11-19)22(24)25/h3,7-12,16H,1,4-6,13-15H2,2H3,(H3,24,25). The molecule has 0 saturated heterocycles. The lowest BCUT2D eigenvalue weighted by atomic mass is 10.2. The van der Waals surface area contributed by atoms with Gasteiger partial charge in [-0.1, -0.05) is 12.7 Å². The number of carbonyl (C=O) groups excluding carboxylic acids is 1. The first-order valence-corrected chi connectivity index (χ1v) is 9.71. The number of rotatable bonds is 13. The Bertz CT molecular complexity index is 849. The molecule has 0 aromatic heterocycles. The van der Waals surface area contributed by atoms with Crippen LogP contribution in [0.4, 0.5) is 0 Å². The molecule has 2 aromatic carbocycles. The average Bonchev–Trinajstić information content (AvgIpc) is 2.77. The van der Waals surface area contributed by atoms with Crippen molar-refractivity contribution in [2.45, 2.75) is 19.3 Å². The van der Waals surface area contributed by atoms with Crippen molar-refractivity contribution < 1.29 is 23.7 Å². The number of methoxy groups -OCH3 is 1. The third-order valence-corrected chi connectivity index (χ3v) is 4.21. The predicted octanol–water partition coefficient (Wildman–Crippen LogP) is 3.95. The first kappa shape index (κ1) is 22.8. The van der Waals surface area contributed by atoms with E-state index in [4.69, 9.17) is 30.1 Å². The Morgan fingerprint density at radius 2 is 1.67 bits per heavy atom. The molecule has 0 bridgehead atoms. The second kappa shape index (κ2) is 12.2. The number of benzene rings is 2. The van der Waals surface area contributed by atoms with Crippen LogP contribution in [0.3, 0.4) is 0 Å². The lowest BCUT2D eigenvalue weighted by Gasteiger charge is -2.12. The quantitative estimate of drug-likeness (QED) is 0.170. The van der Waals surface area contributed by atoms with Gasteiger partial charge in [0, 0.05) is 5.56 Å². The zero-order valence-corrected chi connectivity index (χ0v) is 17.2. The normalized spacial score (nSPS) is 10.2. The smallest absolute Gasteiger partial charge is 0.338 e.